The van der Waals surface area contributed by atoms with Crippen molar-refractivity contribution in [1.29, 1.82) is 0 Å². The zero-order chi connectivity index (χ0) is 60.6. The van der Waals surface area contributed by atoms with Crippen molar-refractivity contribution >= 4 is 97.1 Å². The van der Waals surface area contributed by atoms with Crippen molar-refractivity contribution in [1.82, 2.24) is 9.97 Å². The molecule has 0 fully saturated rings. The third-order valence-electron chi connectivity index (χ3n) is 11.9. The first-order valence-corrected chi connectivity index (χ1v) is 25.5. The number of hydrogen-bond donors (Lipinski definition) is 9. The van der Waals surface area contributed by atoms with Gasteiger partial charge in [-0.1, -0.05) is 98.8 Å². The summed E-state index contributed by atoms with van der Waals surface area (Å²) in [7, 11) is 0. The number of nitrogen functional groups attached to an aromatic ring is 1. The minimum atomic E-state index is -0.981. The van der Waals surface area contributed by atoms with Gasteiger partial charge in [-0.3, -0.25) is 19.6 Å². The maximum absolute atomic E-state index is 12.8. The molecule has 2 heterocycles. The molecule has 85 heavy (non-hydrogen) atoms. The van der Waals surface area contributed by atoms with Crippen LogP contribution in [0.5, 0.6) is 0 Å². The Morgan fingerprint density at radius 1 is 0.471 bits per heavy atom. The average Bonchev–Trinajstić information content (AvgIpc) is 3.48. The normalized spacial score (nSPS) is 10.3. The number of hydrogen-bond acceptors (Lipinski definition) is 13. The van der Waals surface area contributed by atoms with Gasteiger partial charge in [-0.15, -0.1) is 23.4 Å². The summed E-state index contributed by atoms with van der Waals surface area (Å²) in [6.07, 6.45) is 3.93. The van der Waals surface area contributed by atoms with Crippen LogP contribution in [0.3, 0.4) is 0 Å². The van der Waals surface area contributed by atoms with Crippen LogP contribution in [0.1, 0.15) is 105 Å². The van der Waals surface area contributed by atoms with E-state index in [1.54, 1.807) is 44.3 Å². The van der Waals surface area contributed by atoms with Crippen LogP contribution in [0.2, 0.25) is 0 Å². The highest BCUT2D eigenvalue weighted by atomic mass is 16.4. The highest BCUT2D eigenvalue weighted by molar-refractivity contribution is 6.02. The number of nitrogens with one attached hydrogen (secondary N) is 2. The summed E-state index contributed by atoms with van der Waals surface area (Å²) < 4.78 is 0. The molecule has 0 aliphatic carbocycles. The number of carboxylic acid groups (broad SMARTS) is 2. The molecule has 0 aliphatic rings. The fourth-order valence-corrected chi connectivity index (χ4v) is 7.59. The van der Waals surface area contributed by atoms with E-state index in [9.17, 15) is 19.2 Å². The summed E-state index contributed by atoms with van der Waals surface area (Å²) >= 11 is 0. The largest absolute Gasteiger partial charge is 0.478 e. The molecule has 0 saturated heterocycles. The molecule has 438 valence electrons. The number of guanidine groups is 2. The van der Waals surface area contributed by atoms with Crippen LogP contribution < -0.4 is 39.3 Å². The number of rotatable bonds is 14. The zero-order valence-corrected chi connectivity index (χ0v) is 46.5. The molecular formula is C66H73N13O6. The van der Waals surface area contributed by atoms with E-state index in [1.807, 2.05) is 91.1 Å². The Morgan fingerprint density at radius 3 is 1.19 bits per heavy atom. The van der Waals surface area contributed by atoms with Gasteiger partial charge < -0.3 is 49.5 Å². The molecule has 0 atom stereocenters. The highest BCUT2D eigenvalue weighted by Gasteiger charge is 2.11. The molecule has 7 aromatic carbocycles. The van der Waals surface area contributed by atoms with E-state index in [0.717, 1.165) is 66.9 Å². The topological polar surface area (TPSA) is 338 Å². The van der Waals surface area contributed by atoms with E-state index in [0.29, 0.717) is 29.0 Å². The van der Waals surface area contributed by atoms with Crippen molar-refractivity contribution in [3.63, 3.8) is 0 Å². The maximum atomic E-state index is 12.8. The van der Waals surface area contributed by atoms with Crippen LogP contribution in [0.15, 0.2) is 216 Å². The van der Waals surface area contributed by atoms with E-state index in [1.165, 1.54) is 54.4 Å². The van der Waals surface area contributed by atoms with E-state index >= 15 is 0 Å². The Morgan fingerprint density at radius 2 is 0.824 bits per heavy atom. The monoisotopic (exact) mass is 1140 g/mol. The number of ketones is 2. The van der Waals surface area contributed by atoms with Crippen LogP contribution in [0, 0.1) is 13.8 Å². The second kappa shape index (κ2) is 33.4. The van der Waals surface area contributed by atoms with E-state index in [-0.39, 0.29) is 49.5 Å². The Labute approximate surface area is 495 Å². The van der Waals surface area contributed by atoms with Crippen molar-refractivity contribution in [2.45, 2.75) is 55.9 Å². The Hall–Kier alpha value is -11.3. The summed E-state index contributed by atoms with van der Waals surface area (Å²) in [6.45, 7) is 15.1. The van der Waals surface area contributed by atoms with Crippen LogP contribution in [-0.4, -0.2) is 67.0 Å². The number of nitrogens with zero attached hydrogens (tertiary/aromatic N) is 6. The van der Waals surface area contributed by atoms with E-state index in [4.69, 9.17) is 38.9 Å². The number of anilines is 5. The SMILES string of the molecule is C.C.C/C(=N/N=C(N)N)c1ccc(C(=O)O)cc1.C/C(=N\N=C(N)N)c1ccc(C(=O)Cc2ccc(Nc3ccnc4ccc(C)cc34)cc2)cc1.C=C.CC(=O)c1ccc(C(=O)O)cc1.Cc1ccc2nccc(Nc3ccc(N)cc3)c2c1. The second-order valence-corrected chi connectivity index (χ2v) is 18.2. The van der Waals surface area contributed by atoms with Gasteiger partial charge in [-0.25, -0.2) is 9.59 Å². The number of aryl methyl sites for hydroxylation is 2. The van der Waals surface area contributed by atoms with Crippen molar-refractivity contribution in [2.75, 3.05) is 16.4 Å². The lowest BCUT2D eigenvalue weighted by atomic mass is 10.0. The van der Waals surface area contributed by atoms with Crippen LogP contribution in [-0.2, 0) is 6.42 Å². The lowest BCUT2D eigenvalue weighted by Crippen LogP contribution is -2.22. The van der Waals surface area contributed by atoms with E-state index in [2.05, 4.69) is 92.3 Å². The predicted octanol–water partition coefficient (Wildman–Crippen LogP) is 12.6. The van der Waals surface area contributed by atoms with Crippen LogP contribution in [0.25, 0.3) is 21.8 Å². The molecule has 2 aromatic heterocycles. The maximum Gasteiger partial charge on any atom is 0.335 e. The first kappa shape index (κ1) is 67.9. The summed E-state index contributed by atoms with van der Waals surface area (Å²) in [5.74, 6) is -2.19. The molecule has 0 bridgehead atoms. The average molecular weight is 1140 g/mol. The van der Waals surface area contributed by atoms with Crippen molar-refractivity contribution in [3.05, 3.63) is 245 Å². The van der Waals surface area contributed by atoms with Gasteiger partial charge in [0.05, 0.1) is 33.6 Å². The van der Waals surface area contributed by atoms with Crippen molar-refractivity contribution in [2.24, 2.45) is 43.3 Å². The number of aromatic carboxylic acids is 2. The van der Waals surface area contributed by atoms with Gasteiger partial charge in [-0.05, 0) is 148 Å². The smallest absolute Gasteiger partial charge is 0.335 e. The standard InChI is InChI=1S/C27H26N6O.C16H15N3.C10H12N4O2.C9H8O3.C2H4.2CH4/c1-17-3-12-24-23(15-17)25(13-14-30-24)31-22-10-4-19(5-11-22)16-26(34)21-8-6-20(7-9-21)18(2)32-33-27(28)29;1-11-2-7-15-14(10-11)16(8-9-18-15)19-13-5-3-12(17)4-6-13;1-6(13-14-10(11)12)7-2-4-8(5-3-7)9(15)16;1-6(10)7-2-4-8(5-3-7)9(11)12;1-2;;/h3-15H,16H2,1-2H3,(H,30,31)(H4,28,29,33);2-10H,17H2,1H3,(H,18,19);2-5H,1H3,(H,15,16)(H4,11,12,14);2-5H,1H3,(H,11,12);1-2H2;2*1H4/b32-18+;;13-6-;;;;. The van der Waals surface area contributed by atoms with Crippen LogP contribution >= 0.6 is 0 Å². The molecule has 0 radical (unpaired) electrons. The number of aromatic nitrogens is 2. The fourth-order valence-electron chi connectivity index (χ4n) is 7.59. The Balaban J connectivity index is 0.000000316. The van der Waals surface area contributed by atoms with Gasteiger partial charge in [-0.2, -0.15) is 10.2 Å². The minimum absolute atomic E-state index is 0. The lowest BCUT2D eigenvalue weighted by Gasteiger charge is -2.11. The van der Waals surface area contributed by atoms with Gasteiger partial charge >= 0.3 is 11.9 Å². The number of pyridine rings is 2. The van der Waals surface area contributed by atoms with Crippen molar-refractivity contribution in [3.8, 4) is 0 Å². The first-order valence-electron chi connectivity index (χ1n) is 25.5. The summed E-state index contributed by atoms with van der Waals surface area (Å²) in [5.41, 5.74) is 41.1. The fraction of sp³-hybridized carbons (Fsp3) is 0.121. The number of nitrogens with two attached hydrogens (primary N) is 5. The number of carbonyl (C=O) groups is 4. The first-order chi connectivity index (χ1) is 39.7. The number of carbonyl (C=O) groups excluding carboxylic acids is 2. The summed E-state index contributed by atoms with van der Waals surface area (Å²) in [5, 5.41) is 41.2. The molecule has 19 nitrogen and oxygen atoms in total. The number of carboxylic acids is 2. The lowest BCUT2D eigenvalue weighted by molar-refractivity contribution is 0.0686. The van der Waals surface area contributed by atoms with Crippen molar-refractivity contribution < 1.29 is 29.4 Å². The molecule has 0 unspecified atom stereocenters. The van der Waals surface area contributed by atoms with Crippen LogP contribution in [0.4, 0.5) is 28.4 Å². The summed E-state index contributed by atoms with van der Waals surface area (Å²) in [4.78, 5) is 53.4. The molecule has 0 saturated carbocycles. The molecular weight excluding hydrogens is 1070 g/mol. The highest BCUT2D eigenvalue weighted by Crippen LogP contribution is 2.28. The van der Waals surface area contributed by atoms with Gasteiger partial charge in [0.2, 0.25) is 11.9 Å². The Bertz CT molecular complexity index is 3790. The molecule has 19 heteroatoms. The quantitative estimate of drug-likeness (QED) is 0.0122. The second-order valence-electron chi connectivity index (χ2n) is 18.2. The number of fused-ring (bicyclic) bond motifs is 2. The zero-order valence-electron chi connectivity index (χ0n) is 46.5. The third-order valence-corrected chi connectivity index (χ3v) is 11.9. The molecule has 9 aromatic rings. The number of benzene rings is 7. The molecule has 0 aliphatic heterocycles. The van der Waals surface area contributed by atoms with Gasteiger partial charge in [0.15, 0.2) is 11.6 Å². The van der Waals surface area contributed by atoms with Gasteiger partial charge in [0, 0.05) is 69.2 Å². The van der Waals surface area contributed by atoms with E-state index < -0.39 is 11.9 Å². The minimum Gasteiger partial charge on any atom is -0.478 e. The Kier molecular flexibility index (Phi) is 26.7. The molecule has 14 N–H and O–H groups in total. The van der Waals surface area contributed by atoms with Gasteiger partial charge in [0.1, 0.15) is 0 Å². The predicted molar refractivity (Wildman–Crippen MR) is 349 cm³/mol. The summed E-state index contributed by atoms with van der Waals surface area (Å²) in [6, 6.07) is 51.4. The third kappa shape index (κ3) is 21.2. The molecule has 0 spiro atoms. The molecule has 9 rings (SSSR count). The molecule has 0 amide bonds. The number of Topliss-reactive ketones (excluding diaryl/α,β-unsaturated/α-hetero) is 2. The van der Waals surface area contributed by atoms with Gasteiger partial charge in [0.25, 0.3) is 0 Å².